The number of hydrogen-bond donors (Lipinski definition) is 13. The van der Waals surface area contributed by atoms with Gasteiger partial charge < -0.3 is 99.2 Å². The second-order valence-corrected chi connectivity index (χ2v) is 21.9. The Kier molecular flexibility index (Phi) is 20.7. The molecule has 5 aliphatic heterocycles. The molecule has 6 aliphatic rings. The van der Waals surface area contributed by atoms with Crippen LogP contribution in [0.2, 0.25) is 0 Å². The van der Waals surface area contributed by atoms with Crippen molar-refractivity contribution in [3.8, 4) is 0 Å². The van der Waals surface area contributed by atoms with Crippen molar-refractivity contribution < 1.29 is 110 Å². The molecule has 2 aromatic rings. The number of carbonyl (C=O) groups excluding carboxylic acids is 2. The highest BCUT2D eigenvalue weighted by Crippen LogP contribution is 2.47. The van der Waals surface area contributed by atoms with Gasteiger partial charge in [-0.3, -0.25) is 27.7 Å². The first-order chi connectivity index (χ1) is 35.6. The van der Waals surface area contributed by atoms with Crippen molar-refractivity contribution in [3.63, 3.8) is 0 Å². The molecule has 426 valence electrons. The summed E-state index contributed by atoms with van der Waals surface area (Å²) in [6.45, 7) is 13.8. The van der Waals surface area contributed by atoms with Crippen LogP contribution in [0.4, 0.5) is 5.82 Å². The lowest BCUT2D eigenvalue weighted by Crippen LogP contribution is -2.46. The zero-order valence-electron chi connectivity index (χ0n) is 41.2. The van der Waals surface area contributed by atoms with Crippen LogP contribution in [0, 0.1) is 5.92 Å². The van der Waals surface area contributed by atoms with Crippen molar-refractivity contribution in [2.75, 3.05) is 44.9 Å². The van der Waals surface area contributed by atoms with Crippen LogP contribution in [0.15, 0.2) is 62.0 Å². The number of imidazole rings is 1. The summed E-state index contributed by atoms with van der Waals surface area (Å²) in [6.07, 6.45) is 0.958. The van der Waals surface area contributed by atoms with Crippen LogP contribution < -0.4 is 16.0 Å². The van der Waals surface area contributed by atoms with Crippen LogP contribution in [-0.4, -0.2) is 197 Å². The summed E-state index contributed by atoms with van der Waals surface area (Å²) in [4.78, 5) is 91.1. The molecule has 8 rings (SSSR count). The molecule has 4 fully saturated rings. The Morgan fingerprint density at radius 3 is 1.83 bits per heavy atom. The average molecular weight is 1140 g/mol. The molecule has 7 heterocycles. The fourth-order valence-electron chi connectivity index (χ4n) is 8.64. The lowest BCUT2D eigenvalue weighted by molar-refractivity contribution is -0.162. The van der Waals surface area contributed by atoms with Crippen molar-refractivity contribution >= 4 is 52.3 Å². The van der Waals surface area contributed by atoms with Gasteiger partial charge >= 0.3 is 23.5 Å². The van der Waals surface area contributed by atoms with E-state index in [0.717, 1.165) is 25.9 Å². The highest BCUT2D eigenvalue weighted by atomic mass is 31.2. The quantitative estimate of drug-likeness (QED) is 0.0533. The summed E-state index contributed by atoms with van der Waals surface area (Å²) < 4.78 is 75.6. The van der Waals surface area contributed by atoms with Crippen LogP contribution in [0.25, 0.3) is 11.2 Å². The van der Waals surface area contributed by atoms with Gasteiger partial charge in [0.15, 0.2) is 35.2 Å². The number of hydrogen-bond acceptors (Lipinski definition) is 23. The third kappa shape index (κ3) is 16.4. The minimum atomic E-state index is -4.74. The predicted octanol–water partition coefficient (Wildman–Crippen LogP) is -1.45. The second-order valence-electron chi connectivity index (χ2n) is 18.2. The number of ether oxygens (including phenoxy) is 5. The van der Waals surface area contributed by atoms with E-state index in [-0.39, 0.29) is 42.5 Å². The SMILES string of the molecule is C=C1NC(=O)C=CN1[C@@H]1C[C@H](COP(=O)(O)O)[C@H]2OC(C)(C)OC12.C=C1NC(=O)C=CN1[C@@H]1O[C@H](COP(=O)(O)O)[C@@H](O)[C@H]1O.CCCCOCCCNc1ncnc2c1ncn2[C@@H]1O[C@H](COP(=O)(O)O)[C@@H](O)[C@H]1O. The molecule has 76 heavy (non-hydrogen) atoms. The Balaban J connectivity index is 0.000000189. The number of unbranched alkanes of at least 4 members (excludes halogenated alkanes) is 1. The molecule has 2 aromatic heterocycles. The lowest BCUT2D eigenvalue weighted by Gasteiger charge is -2.34. The molecular weight excluding hydrogens is 1080 g/mol. The van der Waals surface area contributed by atoms with Gasteiger partial charge in [-0.1, -0.05) is 26.5 Å². The topological polar surface area (TPSA) is 448 Å². The first kappa shape index (κ1) is 61.0. The summed E-state index contributed by atoms with van der Waals surface area (Å²) >= 11 is 0. The van der Waals surface area contributed by atoms with Crippen LogP contribution in [0.1, 0.15) is 52.7 Å². The normalized spacial score (nSPS) is 30.2. The predicted molar refractivity (Wildman–Crippen MR) is 257 cm³/mol. The van der Waals surface area contributed by atoms with E-state index < -0.39 is 97.5 Å². The summed E-state index contributed by atoms with van der Waals surface area (Å²) in [5.74, 6) is -0.647. The van der Waals surface area contributed by atoms with Crippen molar-refractivity contribution in [2.45, 2.75) is 120 Å². The number of anilines is 1. The number of aromatic nitrogens is 4. The molecule has 1 aliphatic carbocycles. The largest absolute Gasteiger partial charge is 0.469 e. The third-order valence-corrected chi connectivity index (χ3v) is 13.5. The number of nitrogens with zero attached hydrogens (tertiary/aromatic N) is 6. The van der Waals surface area contributed by atoms with Crippen LogP contribution in [0.5, 0.6) is 0 Å². The molecule has 0 spiro atoms. The summed E-state index contributed by atoms with van der Waals surface area (Å²) in [5, 5.41) is 48.5. The minimum absolute atomic E-state index is 0.135. The van der Waals surface area contributed by atoms with Gasteiger partial charge in [0.25, 0.3) is 11.8 Å². The van der Waals surface area contributed by atoms with E-state index in [9.17, 15) is 43.7 Å². The van der Waals surface area contributed by atoms with E-state index >= 15 is 0 Å². The van der Waals surface area contributed by atoms with Gasteiger partial charge in [-0.05, 0) is 33.1 Å². The molecule has 2 amide bonds. The molecule has 1 unspecified atom stereocenters. The Labute approximate surface area is 434 Å². The van der Waals surface area contributed by atoms with Crippen LogP contribution in [0.3, 0.4) is 0 Å². The molecule has 0 bridgehead atoms. The number of phosphoric acid groups is 3. The molecule has 0 aromatic carbocycles. The summed E-state index contributed by atoms with van der Waals surface area (Å²) in [7, 11) is -14.0. The van der Waals surface area contributed by atoms with Gasteiger partial charge in [-0.25, -0.2) is 28.6 Å². The van der Waals surface area contributed by atoms with Gasteiger partial charge in [0.1, 0.15) is 60.7 Å². The van der Waals surface area contributed by atoms with Crippen molar-refractivity contribution in [3.05, 3.63) is 62.0 Å². The number of rotatable bonds is 20. The van der Waals surface area contributed by atoms with Gasteiger partial charge in [-0.2, -0.15) is 0 Å². The van der Waals surface area contributed by atoms with Gasteiger partial charge in [0.2, 0.25) is 0 Å². The molecular formula is C41H64N9O23P3. The number of carbonyl (C=O) groups is 2. The van der Waals surface area contributed by atoms with E-state index in [1.807, 2.05) is 0 Å². The maximum Gasteiger partial charge on any atom is 0.469 e. The number of fused-ring (bicyclic) bond motifs is 2. The standard InChI is InChI=1S/C17H28N5O8P.C14H21N2O7P.C10H15N2O8P/c1-2-3-6-28-7-4-5-18-15-12-16(20-9-19-15)22(10-21-12)17-14(24)13(23)11(30-17)8-29-31(25,26)27;1-8-15-11(17)4-5-16(8)10-6-9(7-21-24(18,19)20)12-13(10)23-14(2,3)22-12;1-5-11-7(13)2-3-12(5)10-9(15)8(14)6(20-10)4-19-21(16,17)18/h9-11,13-14,17,23-24H,2-8H2,1H3,(H,18,19,20)(H2,25,26,27);4-5,9-10,12-13H,1,6-7H2,2-3H3,(H,15,17)(H2,18,19,20);2-3,6,8-10,14-15H,1,4H2,(H,11,13)(H2,16,17,18)/t11-,13-,14-,17-;9-,10-,12-,13?;6-,8-,9-,10-/m111/s1. The molecule has 12 atom stereocenters. The van der Waals surface area contributed by atoms with Gasteiger partial charge in [-0.15, -0.1) is 0 Å². The molecule has 32 nitrogen and oxygen atoms in total. The van der Waals surface area contributed by atoms with E-state index in [4.69, 9.17) is 53.0 Å². The molecule has 13 N–H and O–H groups in total. The van der Waals surface area contributed by atoms with Crippen molar-refractivity contribution in [1.82, 2.24) is 40.0 Å². The van der Waals surface area contributed by atoms with E-state index in [1.54, 1.807) is 24.9 Å². The minimum Gasteiger partial charge on any atom is -0.387 e. The Hall–Kier alpha value is -4.18. The van der Waals surface area contributed by atoms with E-state index in [2.05, 4.69) is 64.6 Å². The van der Waals surface area contributed by atoms with E-state index in [0.29, 0.717) is 42.4 Å². The molecule has 0 radical (unpaired) electrons. The summed E-state index contributed by atoms with van der Waals surface area (Å²) in [6, 6.07) is -0.188. The molecule has 1 saturated carbocycles. The fraction of sp³-hybridized carbons (Fsp3) is 0.634. The fourth-order valence-corrected chi connectivity index (χ4v) is 9.71. The van der Waals surface area contributed by atoms with Gasteiger partial charge in [0, 0.05) is 50.2 Å². The highest BCUT2D eigenvalue weighted by molar-refractivity contribution is 7.46. The number of phosphoric ester groups is 3. The Morgan fingerprint density at radius 2 is 1.26 bits per heavy atom. The first-order valence-corrected chi connectivity index (χ1v) is 28.1. The number of nitrogens with one attached hydrogen (secondary N) is 3. The zero-order chi connectivity index (χ0) is 55.9. The smallest absolute Gasteiger partial charge is 0.387 e. The maximum atomic E-state index is 11.4. The highest BCUT2D eigenvalue weighted by Gasteiger charge is 2.56. The third-order valence-electron chi connectivity index (χ3n) is 12.1. The zero-order valence-corrected chi connectivity index (χ0v) is 43.9. The number of amides is 2. The first-order valence-electron chi connectivity index (χ1n) is 23.5. The van der Waals surface area contributed by atoms with Crippen molar-refractivity contribution in [2.24, 2.45) is 5.92 Å². The maximum absolute atomic E-state index is 11.4. The second kappa shape index (κ2) is 25.7. The molecule has 3 saturated heterocycles. The Bertz CT molecular complexity index is 2580. The summed E-state index contributed by atoms with van der Waals surface area (Å²) in [5.41, 5.74) is 0.819. The monoisotopic (exact) mass is 1140 g/mol. The number of aliphatic hydroxyl groups excluding tert-OH is 4. The van der Waals surface area contributed by atoms with E-state index in [1.165, 1.54) is 40.5 Å². The van der Waals surface area contributed by atoms with Crippen LogP contribution in [-0.2, 0) is 60.5 Å². The molecule has 35 heteroatoms. The lowest BCUT2D eigenvalue weighted by atomic mass is 10.1. The average Bonchev–Trinajstić information content (AvgIpc) is 4.12. The van der Waals surface area contributed by atoms with Crippen molar-refractivity contribution in [1.29, 1.82) is 0 Å². The Morgan fingerprint density at radius 1 is 0.737 bits per heavy atom. The number of aliphatic hydroxyl groups is 4. The van der Waals surface area contributed by atoms with Crippen LogP contribution >= 0.6 is 23.5 Å². The van der Waals surface area contributed by atoms with Gasteiger partial charge in [0.05, 0.1) is 38.3 Å².